The van der Waals surface area contributed by atoms with Crippen molar-refractivity contribution in [3.63, 3.8) is 0 Å². The number of thiazole rings is 1. The number of nitrogens with one attached hydrogen (secondary N) is 1. The first kappa shape index (κ1) is 12.9. The second-order valence-electron chi connectivity index (χ2n) is 3.24. The molecule has 1 aromatic heterocycles. The van der Waals surface area contributed by atoms with Gasteiger partial charge in [-0.05, 0) is 24.3 Å². The largest absolute Gasteiger partial charge is 1.00 e. The van der Waals surface area contributed by atoms with E-state index in [1.54, 1.807) is 23.5 Å². The normalized spacial score (nSPS) is 9.69. The fraction of sp³-hybridized carbons (Fsp3) is 0.182. The van der Waals surface area contributed by atoms with Crippen LogP contribution >= 0.6 is 11.3 Å². The number of rotatable bonds is 2. The van der Waals surface area contributed by atoms with E-state index >= 15 is 0 Å². The minimum atomic E-state index is -0.203. The van der Waals surface area contributed by atoms with E-state index in [1.807, 2.05) is 14.1 Å². The molecule has 0 radical (unpaired) electrons. The Labute approximate surface area is 104 Å². The van der Waals surface area contributed by atoms with Crippen LogP contribution in [0.4, 0.5) is 9.52 Å². The Kier molecular flexibility index (Phi) is 4.26. The molecule has 0 aliphatic carbocycles. The Morgan fingerprint density at radius 1 is 1.25 bits per heavy atom. The van der Waals surface area contributed by atoms with Gasteiger partial charge in [0.15, 0.2) is 0 Å². The number of hydrogen-bond acceptors (Lipinski definition) is 2. The number of benzene rings is 1. The van der Waals surface area contributed by atoms with Gasteiger partial charge >= 0.3 is 5.13 Å². The maximum Gasteiger partial charge on any atom is 0.333 e. The summed E-state index contributed by atoms with van der Waals surface area (Å²) in [4.78, 5) is 0. The first-order valence-corrected chi connectivity index (χ1v) is 5.51. The fourth-order valence-corrected chi connectivity index (χ4v) is 2.38. The number of halogens is 2. The molecule has 0 atom stereocenters. The molecule has 1 heterocycles. The molecule has 2 nitrogen and oxygen atoms in total. The molecule has 0 spiro atoms. The Morgan fingerprint density at radius 2 is 1.88 bits per heavy atom. The highest BCUT2D eigenvalue weighted by Gasteiger charge is 2.13. The topological polar surface area (TPSA) is 15.9 Å². The zero-order valence-electron chi connectivity index (χ0n) is 9.00. The van der Waals surface area contributed by atoms with Gasteiger partial charge in [-0.2, -0.15) is 0 Å². The van der Waals surface area contributed by atoms with E-state index in [9.17, 15) is 4.39 Å². The van der Waals surface area contributed by atoms with E-state index in [0.29, 0.717) is 0 Å². The molecule has 5 heteroatoms. The highest BCUT2D eigenvalue weighted by Crippen LogP contribution is 2.22. The van der Waals surface area contributed by atoms with E-state index in [-0.39, 0.29) is 18.2 Å². The monoisotopic (exact) mass is 258 g/mol. The van der Waals surface area contributed by atoms with Crippen molar-refractivity contribution in [3.05, 3.63) is 35.5 Å². The van der Waals surface area contributed by atoms with Crippen LogP contribution in [0.1, 0.15) is 0 Å². The molecule has 0 aliphatic rings. The summed E-state index contributed by atoms with van der Waals surface area (Å²) in [7, 11) is 3.88. The Morgan fingerprint density at radius 3 is 2.38 bits per heavy atom. The van der Waals surface area contributed by atoms with Gasteiger partial charge in [-0.3, -0.25) is 5.32 Å². The SMILES string of the molecule is CNc1scc(-c2ccc(F)cc2)[n+]1C.[Cl-]. The Bertz CT molecular complexity index is 467. The molecule has 0 fully saturated rings. The van der Waals surface area contributed by atoms with Crippen molar-refractivity contribution < 1.29 is 21.4 Å². The lowest BCUT2D eigenvalue weighted by Crippen LogP contribution is -3.00. The zero-order chi connectivity index (χ0) is 10.8. The molecule has 0 bridgehead atoms. The van der Waals surface area contributed by atoms with Crippen LogP contribution in [0.3, 0.4) is 0 Å². The summed E-state index contributed by atoms with van der Waals surface area (Å²) in [6.45, 7) is 0. The lowest BCUT2D eigenvalue weighted by atomic mass is 10.2. The van der Waals surface area contributed by atoms with Crippen LogP contribution < -0.4 is 22.3 Å². The van der Waals surface area contributed by atoms with E-state index in [0.717, 1.165) is 16.4 Å². The van der Waals surface area contributed by atoms with Gasteiger partial charge in [-0.1, -0.05) is 11.3 Å². The van der Waals surface area contributed by atoms with Gasteiger partial charge < -0.3 is 12.4 Å². The van der Waals surface area contributed by atoms with Crippen molar-refractivity contribution in [3.8, 4) is 11.3 Å². The molecule has 2 rings (SSSR count). The molecular formula is C11H12ClFN2S. The molecular weight excluding hydrogens is 247 g/mol. The molecule has 0 amide bonds. The third kappa shape index (κ3) is 2.33. The Balaban J connectivity index is 0.00000128. The van der Waals surface area contributed by atoms with Gasteiger partial charge in [0.2, 0.25) is 0 Å². The van der Waals surface area contributed by atoms with Crippen molar-refractivity contribution in [2.45, 2.75) is 0 Å². The predicted octanol–water partition coefficient (Wildman–Crippen LogP) is -0.576. The molecule has 1 aromatic carbocycles. The van der Waals surface area contributed by atoms with E-state index < -0.39 is 0 Å². The highest BCUT2D eigenvalue weighted by molar-refractivity contribution is 7.13. The Hall–Kier alpha value is -1.13. The van der Waals surface area contributed by atoms with Crippen LogP contribution in [0.25, 0.3) is 11.3 Å². The average molecular weight is 259 g/mol. The molecule has 0 unspecified atom stereocenters. The van der Waals surface area contributed by atoms with Crippen molar-refractivity contribution >= 4 is 16.5 Å². The molecule has 2 aromatic rings. The van der Waals surface area contributed by atoms with Crippen LogP contribution in [0.15, 0.2) is 29.6 Å². The average Bonchev–Trinajstić information content (AvgIpc) is 2.61. The van der Waals surface area contributed by atoms with E-state index in [1.165, 1.54) is 12.1 Å². The third-order valence-electron chi connectivity index (χ3n) is 2.30. The van der Waals surface area contributed by atoms with Crippen LogP contribution in [0.5, 0.6) is 0 Å². The summed E-state index contributed by atoms with van der Waals surface area (Å²) >= 11 is 1.63. The summed E-state index contributed by atoms with van der Waals surface area (Å²) in [5.41, 5.74) is 2.11. The predicted molar refractivity (Wildman–Crippen MR) is 60.4 cm³/mol. The van der Waals surface area contributed by atoms with Gasteiger partial charge in [-0.15, -0.1) is 0 Å². The van der Waals surface area contributed by atoms with Gasteiger partial charge in [0.05, 0.1) is 14.1 Å². The minimum absolute atomic E-state index is 0. The number of nitrogens with zero attached hydrogens (tertiary/aromatic N) is 1. The van der Waals surface area contributed by atoms with Crippen LogP contribution in [0, 0.1) is 5.82 Å². The molecule has 0 aliphatic heterocycles. The summed E-state index contributed by atoms with van der Waals surface area (Å²) in [6.07, 6.45) is 0. The molecule has 0 saturated carbocycles. The van der Waals surface area contributed by atoms with Crippen molar-refractivity contribution in [1.29, 1.82) is 0 Å². The van der Waals surface area contributed by atoms with Crippen molar-refractivity contribution in [2.24, 2.45) is 7.05 Å². The highest BCUT2D eigenvalue weighted by atomic mass is 35.5. The van der Waals surface area contributed by atoms with Gasteiger partial charge in [-0.25, -0.2) is 8.96 Å². The second-order valence-corrected chi connectivity index (χ2v) is 4.10. The molecule has 86 valence electrons. The molecule has 16 heavy (non-hydrogen) atoms. The zero-order valence-corrected chi connectivity index (χ0v) is 10.6. The quantitative estimate of drug-likeness (QED) is 0.714. The van der Waals surface area contributed by atoms with Crippen LogP contribution in [0.2, 0.25) is 0 Å². The van der Waals surface area contributed by atoms with E-state index in [2.05, 4.69) is 15.3 Å². The van der Waals surface area contributed by atoms with Crippen molar-refractivity contribution in [1.82, 2.24) is 0 Å². The standard InChI is InChI=1S/C11H11FN2S.ClH/c1-13-11-14(2)10(7-15-11)8-3-5-9(12)6-4-8;/h3-7H,1-2H3;1H. The lowest BCUT2D eigenvalue weighted by Gasteiger charge is -1.98. The summed E-state index contributed by atoms with van der Waals surface area (Å²) in [5.74, 6) is -0.203. The fourth-order valence-electron chi connectivity index (χ4n) is 1.49. The smallest absolute Gasteiger partial charge is 0.333 e. The summed E-state index contributed by atoms with van der Waals surface area (Å²) < 4.78 is 14.8. The van der Waals surface area contributed by atoms with E-state index in [4.69, 9.17) is 0 Å². The second kappa shape index (κ2) is 5.27. The van der Waals surface area contributed by atoms with Crippen LogP contribution in [-0.2, 0) is 7.05 Å². The third-order valence-corrected chi connectivity index (χ3v) is 3.34. The molecule has 0 saturated heterocycles. The van der Waals surface area contributed by atoms with Crippen LogP contribution in [-0.4, -0.2) is 7.05 Å². The lowest BCUT2D eigenvalue weighted by molar-refractivity contribution is -0.641. The minimum Gasteiger partial charge on any atom is -1.00 e. The maximum absolute atomic E-state index is 12.8. The summed E-state index contributed by atoms with van der Waals surface area (Å²) in [6, 6.07) is 6.53. The van der Waals surface area contributed by atoms with Gasteiger partial charge in [0.1, 0.15) is 11.5 Å². The number of aromatic nitrogens is 1. The molecule has 1 N–H and O–H groups in total. The maximum atomic E-state index is 12.8. The first-order valence-electron chi connectivity index (χ1n) is 4.63. The number of anilines is 1. The van der Waals surface area contributed by atoms with Crippen molar-refractivity contribution in [2.75, 3.05) is 12.4 Å². The van der Waals surface area contributed by atoms with Gasteiger partial charge in [0.25, 0.3) is 0 Å². The van der Waals surface area contributed by atoms with Gasteiger partial charge in [0, 0.05) is 10.9 Å². The first-order chi connectivity index (χ1) is 7.22. The summed E-state index contributed by atoms with van der Waals surface area (Å²) in [5, 5.41) is 6.24. The number of hydrogen-bond donors (Lipinski definition) is 1.